The first-order valence-electron chi connectivity index (χ1n) is 5.51. The van der Waals surface area contributed by atoms with Crippen molar-refractivity contribution in [2.45, 2.75) is 13.3 Å². The second-order valence-corrected chi connectivity index (χ2v) is 4.04. The summed E-state index contributed by atoms with van der Waals surface area (Å²) in [5, 5.41) is 13.9. The molecule has 0 bridgehead atoms. The third-order valence-corrected chi connectivity index (χ3v) is 2.48. The standard InChI is InChI=1S/C12H16FN3O2/c1-8(12(14)16-18)7-15-11(17)6-9-3-2-4-10(13)5-9/h2-5,8,18H,6-7H2,1H3,(H2,14,16)(H,15,17). The highest BCUT2D eigenvalue weighted by atomic mass is 19.1. The van der Waals surface area contributed by atoms with Crippen molar-refractivity contribution in [1.29, 1.82) is 0 Å². The van der Waals surface area contributed by atoms with Crippen LogP contribution >= 0.6 is 0 Å². The number of nitrogens with two attached hydrogens (primary N) is 1. The summed E-state index contributed by atoms with van der Waals surface area (Å²) in [6.07, 6.45) is 0.0979. The molecule has 0 aliphatic heterocycles. The molecule has 18 heavy (non-hydrogen) atoms. The van der Waals surface area contributed by atoms with Gasteiger partial charge >= 0.3 is 0 Å². The number of nitrogens with one attached hydrogen (secondary N) is 1. The SMILES string of the molecule is CC(CNC(=O)Cc1cccc(F)c1)/C(N)=N/O. The molecule has 0 saturated heterocycles. The van der Waals surface area contributed by atoms with E-state index in [4.69, 9.17) is 10.9 Å². The van der Waals surface area contributed by atoms with Crippen LogP contribution < -0.4 is 11.1 Å². The van der Waals surface area contributed by atoms with Crippen LogP contribution in [0.5, 0.6) is 0 Å². The van der Waals surface area contributed by atoms with Gasteiger partial charge in [-0.15, -0.1) is 0 Å². The summed E-state index contributed by atoms with van der Waals surface area (Å²) in [5.41, 5.74) is 5.98. The van der Waals surface area contributed by atoms with Gasteiger partial charge < -0.3 is 16.3 Å². The average molecular weight is 253 g/mol. The number of nitrogens with zero attached hydrogens (tertiary/aromatic N) is 1. The molecule has 1 rings (SSSR count). The second-order valence-electron chi connectivity index (χ2n) is 4.04. The Morgan fingerprint density at radius 3 is 2.94 bits per heavy atom. The summed E-state index contributed by atoms with van der Waals surface area (Å²) in [6, 6.07) is 5.86. The molecular weight excluding hydrogens is 237 g/mol. The summed E-state index contributed by atoms with van der Waals surface area (Å²) in [5.74, 6) is -0.809. The molecule has 1 amide bonds. The van der Waals surface area contributed by atoms with Crippen LogP contribution in [-0.4, -0.2) is 23.5 Å². The van der Waals surface area contributed by atoms with Crippen molar-refractivity contribution < 1.29 is 14.4 Å². The van der Waals surface area contributed by atoms with Crippen LogP contribution in [0.4, 0.5) is 4.39 Å². The molecule has 0 saturated carbocycles. The highest BCUT2D eigenvalue weighted by Gasteiger charge is 2.10. The zero-order valence-electron chi connectivity index (χ0n) is 10.1. The highest BCUT2D eigenvalue weighted by Crippen LogP contribution is 2.04. The molecule has 0 spiro atoms. The molecule has 0 aliphatic carbocycles. The minimum absolute atomic E-state index is 0.0565. The fourth-order valence-corrected chi connectivity index (χ4v) is 1.36. The maximum absolute atomic E-state index is 12.9. The monoisotopic (exact) mass is 253 g/mol. The van der Waals surface area contributed by atoms with Crippen LogP contribution in [0.15, 0.2) is 29.4 Å². The summed E-state index contributed by atoms with van der Waals surface area (Å²) >= 11 is 0. The van der Waals surface area contributed by atoms with E-state index in [9.17, 15) is 9.18 Å². The normalized spacial score (nSPS) is 13.1. The van der Waals surface area contributed by atoms with Crippen LogP contribution in [0.1, 0.15) is 12.5 Å². The summed E-state index contributed by atoms with van der Waals surface area (Å²) in [6.45, 7) is 1.99. The predicted octanol–water partition coefficient (Wildman–Crippen LogP) is 0.867. The molecule has 0 heterocycles. The molecule has 6 heteroatoms. The van der Waals surface area contributed by atoms with Crippen molar-refractivity contribution in [3.8, 4) is 0 Å². The van der Waals surface area contributed by atoms with Gasteiger partial charge in [-0.3, -0.25) is 4.79 Å². The van der Waals surface area contributed by atoms with E-state index in [-0.39, 0.29) is 36.4 Å². The summed E-state index contributed by atoms with van der Waals surface area (Å²) in [7, 11) is 0. The van der Waals surface area contributed by atoms with E-state index in [0.29, 0.717) is 5.56 Å². The van der Waals surface area contributed by atoms with E-state index >= 15 is 0 Å². The number of hydrogen-bond acceptors (Lipinski definition) is 3. The van der Waals surface area contributed by atoms with Crippen LogP contribution in [0.3, 0.4) is 0 Å². The van der Waals surface area contributed by atoms with Gasteiger partial charge in [-0.05, 0) is 17.7 Å². The zero-order chi connectivity index (χ0) is 13.5. The molecule has 4 N–H and O–H groups in total. The van der Waals surface area contributed by atoms with Gasteiger partial charge in [-0.25, -0.2) is 4.39 Å². The Morgan fingerprint density at radius 1 is 1.61 bits per heavy atom. The van der Waals surface area contributed by atoms with Gasteiger partial charge in [-0.2, -0.15) is 0 Å². The quantitative estimate of drug-likeness (QED) is 0.315. The molecule has 5 nitrogen and oxygen atoms in total. The van der Waals surface area contributed by atoms with Gasteiger partial charge in [0, 0.05) is 12.5 Å². The lowest BCUT2D eigenvalue weighted by Crippen LogP contribution is -2.35. The molecule has 1 aromatic rings. The van der Waals surface area contributed by atoms with E-state index in [1.165, 1.54) is 12.1 Å². The molecule has 98 valence electrons. The Bertz CT molecular complexity index is 449. The van der Waals surface area contributed by atoms with E-state index in [1.807, 2.05) is 0 Å². The van der Waals surface area contributed by atoms with Crippen molar-refractivity contribution in [1.82, 2.24) is 5.32 Å². The first-order chi connectivity index (χ1) is 8.52. The molecule has 1 atom stereocenters. The molecule has 1 aromatic carbocycles. The smallest absolute Gasteiger partial charge is 0.224 e. The minimum Gasteiger partial charge on any atom is -0.409 e. The molecule has 0 fully saturated rings. The van der Waals surface area contributed by atoms with Crippen LogP contribution in [0, 0.1) is 11.7 Å². The topological polar surface area (TPSA) is 87.7 Å². The van der Waals surface area contributed by atoms with Crippen molar-refractivity contribution in [2.24, 2.45) is 16.8 Å². The Hall–Kier alpha value is -2.11. The molecule has 0 aliphatic rings. The summed E-state index contributed by atoms with van der Waals surface area (Å²) < 4.78 is 12.9. The van der Waals surface area contributed by atoms with Gasteiger partial charge in [0.2, 0.25) is 5.91 Å². The van der Waals surface area contributed by atoms with E-state index < -0.39 is 0 Å². The summed E-state index contributed by atoms with van der Waals surface area (Å²) in [4.78, 5) is 11.6. The zero-order valence-corrected chi connectivity index (χ0v) is 10.1. The number of oxime groups is 1. The Labute approximate surface area is 104 Å². The molecule has 1 unspecified atom stereocenters. The number of halogens is 1. The highest BCUT2D eigenvalue weighted by molar-refractivity contribution is 5.83. The minimum atomic E-state index is -0.370. The lowest BCUT2D eigenvalue weighted by molar-refractivity contribution is -0.120. The first kappa shape index (κ1) is 14.0. The van der Waals surface area contributed by atoms with Crippen molar-refractivity contribution in [3.63, 3.8) is 0 Å². The van der Waals surface area contributed by atoms with Gasteiger partial charge in [0.05, 0.1) is 6.42 Å². The maximum Gasteiger partial charge on any atom is 0.224 e. The van der Waals surface area contributed by atoms with Crippen molar-refractivity contribution >= 4 is 11.7 Å². The van der Waals surface area contributed by atoms with Gasteiger partial charge in [0.25, 0.3) is 0 Å². The molecular formula is C12H16FN3O2. The number of carbonyl (C=O) groups excluding carboxylic acids is 1. The van der Waals surface area contributed by atoms with Crippen molar-refractivity contribution in [2.75, 3.05) is 6.54 Å². The number of benzene rings is 1. The Morgan fingerprint density at radius 2 is 2.33 bits per heavy atom. The first-order valence-corrected chi connectivity index (χ1v) is 5.51. The predicted molar refractivity (Wildman–Crippen MR) is 65.7 cm³/mol. The number of carbonyl (C=O) groups is 1. The fourth-order valence-electron chi connectivity index (χ4n) is 1.36. The van der Waals surface area contributed by atoms with E-state index in [0.717, 1.165) is 0 Å². The molecule has 0 aromatic heterocycles. The number of rotatable bonds is 5. The lowest BCUT2D eigenvalue weighted by Gasteiger charge is -2.11. The van der Waals surface area contributed by atoms with Gasteiger partial charge in [0.15, 0.2) is 0 Å². The van der Waals surface area contributed by atoms with Gasteiger partial charge in [0.1, 0.15) is 11.7 Å². The third-order valence-electron chi connectivity index (χ3n) is 2.48. The van der Waals surface area contributed by atoms with Crippen LogP contribution in [0.25, 0.3) is 0 Å². The fraction of sp³-hybridized carbons (Fsp3) is 0.333. The van der Waals surface area contributed by atoms with Crippen molar-refractivity contribution in [3.05, 3.63) is 35.6 Å². The molecule has 0 radical (unpaired) electrons. The van der Waals surface area contributed by atoms with Crippen LogP contribution in [-0.2, 0) is 11.2 Å². The Balaban J connectivity index is 2.43. The number of amides is 1. The van der Waals surface area contributed by atoms with Crippen LogP contribution in [0.2, 0.25) is 0 Å². The lowest BCUT2D eigenvalue weighted by atomic mass is 10.1. The number of amidine groups is 1. The third kappa shape index (κ3) is 4.40. The van der Waals surface area contributed by atoms with E-state index in [2.05, 4.69) is 10.5 Å². The van der Waals surface area contributed by atoms with Gasteiger partial charge in [-0.1, -0.05) is 24.2 Å². The second kappa shape index (κ2) is 6.58. The average Bonchev–Trinajstić information content (AvgIpc) is 2.35. The van der Waals surface area contributed by atoms with E-state index in [1.54, 1.807) is 19.1 Å². The largest absolute Gasteiger partial charge is 0.409 e. The number of hydrogen-bond donors (Lipinski definition) is 3. The Kier molecular flexibility index (Phi) is 5.10. The maximum atomic E-state index is 12.9.